The van der Waals surface area contributed by atoms with Crippen molar-refractivity contribution in [3.63, 3.8) is 0 Å². The van der Waals surface area contributed by atoms with Gasteiger partial charge < -0.3 is 30.5 Å². The number of carboxylic acid groups (broad SMARTS) is 1. The van der Waals surface area contributed by atoms with E-state index in [1.165, 1.54) is 11.8 Å². The van der Waals surface area contributed by atoms with Crippen LogP contribution in [0, 0.1) is 23.2 Å². The van der Waals surface area contributed by atoms with Gasteiger partial charge in [-0.1, -0.05) is 6.42 Å². The summed E-state index contributed by atoms with van der Waals surface area (Å²) in [6, 6.07) is 6.87. The number of carboxylic acids is 1. The van der Waals surface area contributed by atoms with Crippen molar-refractivity contribution in [2.24, 2.45) is 11.8 Å². The van der Waals surface area contributed by atoms with Gasteiger partial charge in [0.1, 0.15) is 0 Å². The normalized spacial score (nSPS) is 27.1. The number of anilines is 1. The Bertz CT molecular complexity index is 984. The number of urea groups is 1. The third-order valence-electron chi connectivity index (χ3n) is 6.19. The molecule has 2 heterocycles. The second kappa shape index (κ2) is 9.01. The zero-order valence-corrected chi connectivity index (χ0v) is 19.3. The van der Waals surface area contributed by atoms with Crippen molar-refractivity contribution in [3.8, 4) is 6.07 Å². The molecule has 3 N–H and O–H groups in total. The number of nitriles is 1. The molecule has 156 valence electrons. The summed E-state index contributed by atoms with van der Waals surface area (Å²) in [6.07, 6.45) is 1.09. The number of hydrogen-bond donors (Lipinski definition) is 3. The molecule has 3 aliphatic rings. The summed E-state index contributed by atoms with van der Waals surface area (Å²) in [7, 11) is 0. The number of benzene rings is 1. The van der Waals surface area contributed by atoms with Gasteiger partial charge in [-0.2, -0.15) is 5.26 Å². The van der Waals surface area contributed by atoms with E-state index in [4.69, 9.17) is 5.26 Å². The van der Waals surface area contributed by atoms with E-state index in [1.54, 1.807) is 24.3 Å². The minimum absolute atomic E-state index is 0. The standard InChI is InChI=1S/C21H22N4O5.Na/c1-10(26)15-17-13-3-2-4-14(16(13)18(20(28)29)25(17)19(15)27)24-21(30)23-12-7-5-11(9-22)6-8-12;/h5-8,10,13-15,17,26H,2-4H2,1H3,(H,28,29)(H2,23,24,30);/q;+1/p-1/t10?,13-,14-,15+,17+;/m0./s1. The molecule has 1 unspecified atom stereocenters. The quantitative estimate of drug-likeness (QED) is 0.343. The van der Waals surface area contributed by atoms with Crippen LogP contribution in [0.15, 0.2) is 35.5 Å². The molecule has 1 aliphatic carbocycles. The summed E-state index contributed by atoms with van der Waals surface area (Å²) >= 11 is 0. The molecule has 5 atom stereocenters. The van der Waals surface area contributed by atoms with Gasteiger partial charge in [-0.15, -0.1) is 0 Å². The minimum Gasteiger partial charge on any atom is -0.543 e. The molecule has 1 aromatic carbocycles. The van der Waals surface area contributed by atoms with E-state index < -0.39 is 42.0 Å². The smallest absolute Gasteiger partial charge is 0.543 e. The number of aliphatic hydroxyl groups excluding tert-OH is 1. The largest absolute Gasteiger partial charge is 1.00 e. The first-order chi connectivity index (χ1) is 14.3. The summed E-state index contributed by atoms with van der Waals surface area (Å²) in [5.41, 5.74) is 1.29. The van der Waals surface area contributed by atoms with Crippen molar-refractivity contribution in [2.75, 3.05) is 5.32 Å². The molecule has 2 fully saturated rings. The number of carbonyl (C=O) groups excluding carboxylic acids is 3. The third-order valence-corrected chi connectivity index (χ3v) is 6.19. The van der Waals surface area contributed by atoms with Crippen molar-refractivity contribution in [2.45, 2.75) is 44.4 Å². The van der Waals surface area contributed by atoms with E-state index in [9.17, 15) is 24.6 Å². The molecular weight excluding hydrogens is 411 g/mol. The van der Waals surface area contributed by atoms with Gasteiger partial charge in [0.05, 0.1) is 47.4 Å². The fraction of sp³-hybridized carbons (Fsp3) is 0.429. The number of fused-ring (bicyclic) bond motifs is 3. The fourth-order valence-corrected chi connectivity index (χ4v) is 4.98. The molecule has 9 nitrogen and oxygen atoms in total. The number of hydrogen-bond acceptors (Lipinski definition) is 6. The van der Waals surface area contributed by atoms with Gasteiger partial charge >= 0.3 is 35.6 Å². The van der Waals surface area contributed by atoms with Crippen LogP contribution in [-0.2, 0) is 9.59 Å². The van der Waals surface area contributed by atoms with Crippen LogP contribution in [0.2, 0.25) is 0 Å². The van der Waals surface area contributed by atoms with Crippen LogP contribution in [0.4, 0.5) is 10.5 Å². The topological polar surface area (TPSA) is 146 Å². The maximum Gasteiger partial charge on any atom is 1.00 e. The second-order valence-corrected chi connectivity index (χ2v) is 7.93. The van der Waals surface area contributed by atoms with Crippen molar-refractivity contribution in [1.82, 2.24) is 10.2 Å². The predicted octanol–water partition coefficient (Wildman–Crippen LogP) is -2.92. The number of nitrogens with one attached hydrogen (secondary N) is 2. The van der Waals surface area contributed by atoms with Crippen molar-refractivity contribution in [1.29, 1.82) is 5.26 Å². The van der Waals surface area contributed by atoms with E-state index in [1.807, 2.05) is 6.07 Å². The molecule has 1 aromatic rings. The zero-order chi connectivity index (χ0) is 21.6. The van der Waals surface area contributed by atoms with E-state index in [2.05, 4.69) is 10.6 Å². The number of amides is 3. The molecule has 1 saturated heterocycles. The van der Waals surface area contributed by atoms with Crippen LogP contribution >= 0.6 is 0 Å². The molecular formula is C21H21N4NaO5. The summed E-state index contributed by atoms with van der Waals surface area (Å²) < 4.78 is 0. The summed E-state index contributed by atoms with van der Waals surface area (Å²) in [4.78, 5) is 38.1. The van der Waals surface area contributed by atoms with Crippen molar-refractivity contribution in [3.05, 3.63) is 41.1 Å². The van der Waals surface area contributed by atoms with Gasteiger partial charge in [0.15, 0.2) is 0 Å². The van der Waals surface area contributed by atoms with Crippen LogP contribution in [0.1, 0.15) is 31.7 Å². The first-order valence-corrected chi connectivity index (χ1v) is 9.87. The van der Waals surface area contributed by atoms with Gasteiger partial charge in [0.2, 0.25) is 5.91 Å². The average molecular weight is 432 g/mol. The fourth-order valence-electron chi connectivity index (χ4n) is 4.98. The molecule has 10 heteroatoms. The van der Waals surface area contributed by atoms with Gasteiger partial charge in [-0.05, 0) is 49.6 Å². The van der Waals surface area contributed by atoms with E-state index in [0.717, 1.165) is 6.42 Å². The van der Waals surface area contributed by atoms with Gasteiger partial charge in [0.25, 0.3) is 0 Å². The van der Waals surface area contributed by atoms with Crippen molar-refractivity contribution >= 4 is 23.6 Å². The SMILES string of the molecule is CC(O)[C@H]1C(=O)N2C(C(=O)[O-])=C3[C@@H](NC(=O)Nc4ccc(C#N)cc4)CCC[C@@H]3[C@H]12.[Na+]. The van der Waals surface area contributed by atoms with Crippen LogP contribution in [0.5, 0.6) is 0 Å². The molecule has 4 rings (SSSR count). The van der Waals surface area contributed by atoms with Gasteiger partial charge in [-0.3, -0.25) is 4.79 Å². The predicted molar refractivity (Wildman–Crippen MR) is 102 cm³/mol. The molecule has 2 aliphatic heterocycles. The maximum atomic E-state index is 12.5. The Kier molecular flexibility index (Phi) is 6.76. The Morgan fingerprint density at radius 1 is 1.29 bits per heavy atom. The summed E-state index contributed by atoms with van der Waals surface area (Å²) in [6.45, 7) is 1.53. The molecule has 1 saturated carbocycles. The number of nitrogens with zero attached hydrogens (tertiary/aromatic N) is 2. The van der Waals surface area contributed by atoms with Crippen LogP contribution in [0.25, 0.3) is 0 Å². The monoisotopic (exact) mass is 432 g/mol. The number of rotatable bonds is 4. The third kappa shape index (κ3) is 3.96. The average Bonchev–Trinajstić information content (AvgIpc) is 3.00. The van der Waals surface area contributed by atoms with E-state index in [-0.39, 0.29) is 41.2 Å². The Hall–Kier alpha value is -2.38. The van der Waals surface area contributed by atoms with Gasteiger partial charge in [-0.25, -0.2) is 4.79 Å². The molecule has 3 amide bonds. The second-order valence-electron chi connectivity index (χ2n) is 7.93. The van der Waals surface area contributed by atoms with Crippen LogP contribution in [0.3, 0.4) is 0 Å². The molecule has 31 heavy (non-hydrogen) atoms. The molecule has 0 aromatic heterocycles. The van der Waals surface area contributed by atoms with Gasteiger partial charge in [0, 0.05) is 11.6 Å². The molecule has 0 spiro atoms. The number of aliphatic carboxylic acids is 1. The molecule has 0 radical (unpaired) electrons. The Morgan fingerprint density at radius 2 is 1.97 bits per heavy atom. The Morgan fingerprint density at radius 3 is 2.55 bits per heavy atom. The number of β-lactam (4-membered cyclic amide) rings is 1. The van der Waals surface area contributed by atoms with Crippen LogP contribution < -0.4 is 45.3 Å². The minimum atomic E-state index is -1.45. The zero-order valence-electron chi connectivity index (χ0n) is 17.3. The first kappa shape index (κ1) is 23.3. The summed E-state index contributed by atoms with van der Waals surface area (Å²) in [5.74, 6) is -2.75. The van der Waals surface area contributed by atoms with E-state index >= 15 is 0 Å². The van der Waals surface area contributed by atoms with E-state index in [0.29, 0.717) is 29.7 Å². The first-order valence-electron chi connectivity index (χ1n) is 9.87. The Balaban J connectivity index is 0.00000272. The number of carbonyl (C=O) groups is 3. The van der Waals surface area contributed by atoms with Crippen LogP contribution in [-0.4, -0.2) is 46.1 Å². The Labute approximate surface area is 201 Å². The summed E-state index contributed by atoms with van der Waals surface area (Å²) in [5, 5.41) is 36.2. The van der Waals surface area contributed by atoms with Crippen molar-refractivity contribution < 1.29 is 54.2 Å². The maximum absolute atomic E-state index is 12.5. The molecule has 0 bridgehead atoms. The number of aliphatic hydroxyl groups is 1.